The van der Waals surface area contributed by atoms with Crippen molar-refractivity contribution in [1.82, 2.24) is 9.55 Å². The Bertz CT molecular complexity index is 638. The summed E-state index contributed by atoms with van der Waals surface area (Å²) in [5.74, 6) is 0. The fourth-order valence-electron chi connectivity index (χ4n) is 1.57. The average molecular weight is 225 g/mol. The molecule has 17 heavy (non-hydrogen) atoms. The van der Waals surface area contributed by atoms with Crippen LogP contribution in [0, 0.1) is 18.3 Å². The van der Waals surface area contributed by atoms with Gasteiger partial charge in [0.15, 0.2) is 0 Å². The Balaban J connectivity index is 2.32. The lowest BCUT2D eigenvalue weighted by molar-refractivity contribution is 0.755. The van der Waals surface area contributed by atoms with E-state index in [9.17, 15) is 4.79 Å². The highest BCUT2D eigenvalue weighted by Crippen LogP contribution is 2.03. The van der Waals surface area contributed by atoms with E-state index < -0.39 is 0 Å². The van der Waals surface area contributed by atoms with E-state index in [4.69, 9.17) is 5.26 Å². The predicted molar refractivity (Wildman–Crippen MR) is 63.5 cm³/mol. The van der Waals surface area contributed by atoms with Gasteiger partial charge in [-0.15, -0.1) is 0 Å². The highest BCUT2D eigenvalue weighted by Gasteiger charge is 2.00. The molecule has 0 aromatic carbocycles. The first-order valence-corrected chi connectivity index (χ1v) is 5.21. The summed E-state index contributed by atoms with van der Waals surface area (Å²) in [6.45, 7) is 2.34. The Morgan fingerprint density at radius 3 is 2.94 bits per heavy atom. The van der Waals surface area contributed by atoms with E-state index in [0.29, 0.717) is 12.2 Å². The molecular formula is C13H11N3O. The zero-order chi connectivity index (χ0) is 12.3. The van der Waals surface area contributed by atoms with Gasteiger partial charge < -0.3 is 4.57 Å². The molecular weight excluding hydrogens is 214 g/mol. The van der Waals surface area contributed by atoms with Crippen molar-refractivity contribution < 1.29 is 0 Å². The molecule has 2 aromatic rings. The van der Waals surface area contributed by atoms with E-state index in [1.54, 1.807) is 35.2 Å². The third kappa shape index (κ3) is 2.58. The fourth-order valence-corrected chi connectivity index (χ4v) is 1.57. The standard InChI is InChI=1S/C13H11N3O/c1-10-3-5-16(13(17)6-10)9-11-2-4-15-12(7-11)8-14/h2-7H,9H2,1H3. The molecule has 0 N–H and O–H groups in total. The molecule has 0 radical (unpaired) electrons. The van der Waals surface area contributed by atoms with Crippen LogP contribution in [0.1, 0.15) is 16.8 Å². The van der Waals surface area contributed by atoms with Gasteiger partial charge in [0, 0.05) is 18.5 Å². The maximum absolute atomic E-state index is 11.7. The van der Waals surface area contributed by atoms with Crippen molar-refractivity contribution in [2.24, 2.45) is 0 Å². The zero-order valence-electron chi connectivity index (χ0n) is 9.42. The van der Waals surface area contributed by atoms with E-state index in [-0.39, 0.29) is 5.56 Å². The van der Waals surface area contributed by atoms with Crippen LogP contribution in [0.5, 0.6) is 0 Å². The molecule has 0 spiro atoms. The minimum Gasteiger partial charge on any atom is -0.311 e. The predicted octanol–water partition coefficient (Wildman–Crippen LogP) is 1.47. The molecule has 4 heteroatoms. The van der Waals surface area contributed by atoms with Gasteiger partial charge in [0.25, 0.3) is 5.56 Å². The Morgan fingerprint density at radius 1 is 1.41 bits per heavy atom. The third-order valence-electron chi connectivity index (χ3n) is 2.44. The molecule has 2 heterocycles. The summed E-state index contributed by atoms with van der Waals surface area (Å²) >= 11 is 0. The molecule has 0 saturated heterocycles. The molecule has 0 fully saturated rings. The normalized spacial score (nSPS) is 9.88. The van der Waals surface area contributed by atoms with Crippen LogP contribution in [-0.4, -0.2) is 9.55 Å². The summed E-state index contributed by atoms with van der Waals surface area (Å²) in [6, 6.07) is 8.94. The third-order valence-corrected chi connectivity index (χ3v) is 2.44. The van der Waals surface area contributed by atoms with Gasteiger partial charge in [0.1, 0.15) is 11.8 Å². The lowest BCUT2D eigenvalue weighted by Crippen LogP contribution is -2.19. The molecule has 0 unspecified atom stereocenters. The lowest BCUT2D eigenvalue weighted by atomic mass is 10.2. The topological polar surface area (TPSA) is 58.7 Å². The van der Waals surface area contributed by atoms with E-state index in [2.05, 4.69) is 4.98 Å². The first kappa shape index (κ1) is 11.1. The van der Waals surface area contributed by atoms with Crippen LogP contribution in [0.2, 0.25) is 0 Å². The molecule has 0 aliphatic carbocycles. The van der Waals surface area contributed by atoms with E-state index in [1.165, 1.54) is 0 Å². The molecule has 0 amide bonds. The van der Waals surface area contributed by atoms with Crippen molar-refractivity contribution in [1.29, 1.82) is 5.26 Å². The van der Waals surface area contributed by atoms with Crippen LogP contribution in [0.3, 0.4) is 0 Å². The van der Waals surface area contributed by atoms with Gasteiger partial charge in [0.05, 0.1) is 6.54 Å². The number of rotatable bonds is 2. The Kier molecular flexibility index (Phi) is 3.01. The quantitative estimate of drug-likeness (QED) is 0.777. The SMILES string of the molecule is Cc1ccn(Cc2ccnc(C#N)c2)c(=O)c1. The van der Waals surface area contributed by atoms with Crippen molar-refractivity contribution in [2.45, 2.75) is 13.5 Å². The van der Waals surface area contributed by atoms with Gasteiger partial charge in [-0.1, -0.05) is 0 Å². The summed E-state index contributed by atoms with van der Waals surface area (Å²) in [7, 11) is 0. The van der Waals surface area contributed by atoms with Crippen molar-refractivity contribution in [3.05, 3.63) is 63.8 Å². The molecule has 0 aliphatic heterocycles. The van der Waals surface area contributed by atoms with Crippen molar-refractivity contribution in [2.75, 3.05) is 0 Å². The Hall–Kier alpha value is -2.41. The van der Waals surface area contributed by atoms with Crippen LogP contribution in [-0.2, 0) is 6.54 Å². The fraction of sp³-hybridized carbons (Fsp3) is 0.154. The summed E-state index contributed by atoms with van der Waals surface area (Å²) in [5, 5.41) is 8.74. The van der Waals surface area contributed by atoms with Gasteiger partial charge in [0.2, 0.25) is 0 Å². The second-order valence-corrected chi connectivity index (χ2v) is 3.83. The maximum atomic E-state index is 11.7. The molecule has 0 atom stereocenters. The first-order valence-electron chi connectivity index (χ1n) is 5.21. The summed E-state index contributed by atoms with van der Waals surface area (Å²) < 4.78 is 1.60. The number of pyridine rings is 2. The molecule has 4 nitrogen and oxygen atoms in total. The minimum absolute atomic E-state index is 0.0414. The van der Waals surface area contributed by atoms with Crippen molar-refractivity contribution in [3.8, 4) is 6.07 Å². The van der Waals surface area contributed by atoms with Crippen LogP contribution < -0.4 is 5.56 Å². The van der Waals surface area contributed by atoms with Crippen molar-refractivity contribution >= 4 is 0 Å². The summed E-state index contributed by atoms with van der Waals surface area (Å²) in [4.78, 5) is 15.6. The van der Waals surface area contributed by atoms with Gasteiger partial charge in [-0.05, 0) is 36.2 Å². The number of hydrogen-bond acceptors (Lipinski definition) is 3. The number of hydrogen-bond donors (Lipinski definition) is 0. The smallest absolute Gasteiger partial charge is 0.251 e. The highest BCUT2D eigenvalue weighted by atomic mass is 16.1. The van der Waals surface area contributed by atoms with E-state index in [0.717, 1.165) is 11.1 Å². The van der Waals surface area contributed by atoms with Crippen LogP contribution in [0.4, 0.5) is 0 Å². The molecule has 2 rings (SSSR count). The van der Waals surface area contributed by atoms with Gasteiger partial charge in [-0.25, -0.2) is 4.98 Å². The van der Waals surface area contributed by atoms with Crippen LogP contribution in [0.15, 0.2) is 41.5 Å². The monoisotopic (exact) mass is 225 g/mol. The number of aryl methyl sites for hydroxylation is 1. The summed E-state index contributed by atoms with van der Waals surface area (Å²) in [5.41, 5.74) is 2.16. The molecule has 2 aromatic heterocycles. The van der Waals surface area contributed by atoms with Gasteiger partial charge >= 0.3 is 0 Å². The number of nitriles is 1. The lowest BCUT2D eigenvalue weighted by Gasteiger charge is -2.05. The van der Waals surface area contributed by atoms with E-state index in [1.807, 2.05) is 19.1 Å². The Labute approximate surface area is 98.8 Å². The molecule has 0 aliphatic rings. The van der Waals surface area contributed by atoms with Gasteiger partial charge in [-0.3, -0.25) is 4.79 Å². The number of aromatic nitrogens is 2. The largest absolute Gasteiger partial charge is 0.311 e. The molecule has 0 bridgehead atoms. The zero-order valence-corrected chi connectivity index (χ0v) is 9.42. The highest BCUT2D eigenvalue weighted by molar-refractivity contribution is 5.25. The first-order chi connectivity index (χ1) is 8.19. The van der Waals surface area contributed by atoms with Crippen LogP contribution >= 0.6 is 0 Å². The van der Waals surface area contributed by atoms with Crippen LogP contribution in [0.25, 0.3) is 0 Å². The minimum atomic E-state index is -0.0414. The Morgan fingerprint density at radius 2 is 2.24 bits per heavy atom. The maximum Gasteiger partial charge on any atom is 0.251 e. The molecule has 0 saturated carbocycles. The van der Waals surface area contributed by atoms with Gasteiger partial charge in [-0.2, -0.15) is 5.26 Å². The second kappa shape index (κ2) is 4.62. The number of nitrogens with zero attached hydrogens (tertiary/aromatic N) is 3. The molecule has 84 valence electrons. The van der Waals surface area contributed by atoms with Crippen molar-refractivity contribution in [3.63, 3.8) is 0 Å². The second-order valence-electron chi connectivity index (χ2n) is 3.83. The van der Waals surface area contributed by atoms with E-state index >= 15 is 0 Å². The summed E-state index contributed by atoms with van der Waals surface area (Å²) in [6.07, 6.45) is 3.33. The average Bonchev–Trinajstić information content (AvgIpc) is 2.33.